The van der Waals surface area contributed by atoms with Crippen molar-refractivity contribution in [2.75, 3.05) is 31.1 Å². The maximum atomic E-state index is 13.0. The second-order valence-electron chi connectivity index (χ2n) is 9.47. The third-order valence-electron chi connectivity index (χ3n) is 7.08. The number of fused-ring (bicyclic) bond motifs is 1. The number of nitrogen functional groups attached to an aromatic ring is 2. The van der Waals surface area contributed by atoms with Gasteiger partial charge >= 0.3 is 0 Å². The molecule has 3 aromatic rings. The van der Waals surface area contributed by atoms with Gasteiger partial charge in [-0.15, -0.1) is 0 Å². The number of H-pyrrole nitrogens is 1. The van der Waals surface area contributed by atoms with Crippen LogP contribution in [0.15, 0.2) is 23.2 Å². The lowest BCUT2D eigenvalue weighted by atomic mass is 9.88. The summed E-state index contributed by atoms with van der Waals surface area (Å²) in [5.74, 6) is 0.133. The summed E-state index contributed by atoms with van der Waals surface area (Å²) in [7, 11) is 0. The molecule has 2 aliphatic heterocycles. The van der Waals surface area contributed by atoms with Gasteiger partial charge in [0.05, 0.1) is 18.5 Å². The van der Waals surface area contributed by atoms with Crippen LogP contribution in [0.4, 0.5) is 11.6 Å². The van der Waals surface area contributed by atoms with E-state index in [1.54, 1.807) is 0 Å². The van der Waals surface area contributed by atoms with Gasteiger partial charge in [0.15, 0.2) is 23.3 Å². The van der Waals surface area contributed by atoms with Crippen LogP contribution in [-0.2, 0) is 11.2 Å². The summed E-state index contributed by atoms with van der Waals surface area (Å²) in [5.41, 5.74) is 15.7. The molecular formula is C24H28IN9O2. The maximum Gasteiger partial charge on any atom is 0.280 e. The smallest absolute Gasteiger partial charge is 0.280 e. The number of hydrogen-bond donors (Lipinski definition) is 5. The minimum Gasteiger partial charge on any atom is -0.382 e. The maximum absolute atomic E-state index is 13.0. The molecule has 0 saturated carbocycles. The monoisotopic (exact) mass is 601 g/mol. The van der Waals surface area contributed by atoms with Crippen molar-refractivity contribution in [1.82, 2.24) is 30.5 Å². The Kier molecular flexibility index (Phi) is 6.22. The third kappa shape index (κ3) is 4.56. The second kappa shape index (κ2) is 9.22. The molecule has 1 saturated heterocycles. The Labute approximate surface area is 221 Å². The van der Waals surface area contributed by atoms with Crippen molar-refractivity contribution in [3.05, 3.63) is 44.4 Å². The van der Waals surface area contributed by atoms with E-state index in [0.29, 0.717) is 35.7 Å². The number of amides is 2. The van der Waals surface area contributed by atoms with Crippen LogP contribution in [0.25, 0.3) is 10.9 Å². The number of benzene rings is 1. The van der Waals surface area contributed by atoms with E-state index in [4.69, 9.17) is 11.5 Å². The minimum atomic E-state index is -0.501. The number of aromatic nitrogens is 3. The molecule has 5 rings (SSSR count). The zero-order valence-corrected chi connectivity index (χ0v) is 22.3. The zero-order chi connectivity index (χ0) is 25.6. The number of guanidine groups is 1. The summed E-state index contributed by atoms with van der Waals surface area (Å²) in [6, 6.07) is 6.17. The summed E-state index contributed by atoms with van der Waals surface area (Å²) in [6.45, 7) is 5.93. The van der Waals surface area contributed by atoms with E-state index in [2.05, 4.69) is 50.5 Å². The van der Waals surface area contributed by atoms with Crippen molar-refractivity contribution < 1.29 is 9.59 Å². The highest BCUT2D eigenvalue weighted by Crippen LogP contribution is 2.27. The van der Waals surface area contributed by atoms with Gasteiger partial charge in [-0.3, -0.25) is 19.9 Å². The molecule has 36 heavy (non-hydrogen) atoms. The molecule has 11 nitrogen and oxygen atoms in total. The largest absolute Gasteiger partial charge is 0.382 e. The molecule has 1 aromatic carbocycles. The Morgan fingerprint density at radius 2 is 1.92 bits per heavy atom. The van der Waals surface area contributed by atoms with E-state index in [1.165, 1.54) is 10.9 Å². The van der Waals surface area contributed by atoms with Crippen LogP contribution in [0, 0.1) is 17.5 Å². The topological polar surface area (TPSA) is 167 Å². The van der Waals surface area contributed by atoms with Gasteiger partial charge in [0.1, 0.15) is 3.70 Å². The number of aromatic amines is 1. The number of rotatable bonds is 3. The first-order valence-electron chi connectivity index (χ1n) is 11.7. The Morgan fingerprint density at radius 1 is 1.17 bits per heavy atom. The lowest BCUT2D eigenvalue weighted by Crippen LogP contribution is -2.57. The summed E-state index contributed by atoms with van der Waals surface area (Å²) in [4.78, 5) is 43.5. The van der Waals surface area contributed by atoms with Gasteiger partial charge in [0.2, 0.25) is 5.91 Å². The second-order valence-corrected chi connectivity index (χ2v) is 10.5. The van der Waals surface area contributed by atoms with Gasteiger partial charge in [-0.2, -0.15) is 0 Å². The van der Waals surface area contributed by atoms with Crippen molar-refractivity contribution in [2.45, 2.75) is 38.6 Å². The van der Waals surface area contributed by atoms with Crippen LogP contribution >= 0.6 is 22.6 Å². The van der Waals surface area contributed by atoms with Crippen LogP contribution in [0.5, 0.6) is 0 Å². The molecule has 4 heterocycles. The third-order valence-corrected chi connectivity index (χ3v) is 7.87. The first-order valence-corrected chi connectivity index (χ1v) is 12.8. The molecule has 0 aliphatic carbocycles. The molecule has 12 heteroatoms. The van der Waals surface area contributed by atoms with Gasteiger partial charge in [0.25, 0.3) is 5.91 Å². The fourth-order valence-electron chi connectivity index (χ4n) is 4.78. The van der Waals surface area contributed by atoms with Crippen LogP contribution in [0.3, 0.4) is 0 Å². The molecule has 0 radical (unpaired) electrons. The summed E-state index contributed by atoms with van der Waals surface area (Å²) >= 11 is 1.90. The minimum absolute atomic E-state index is 0.00245. The fourth-order valence-corrected chi connectivity index (χ4v) is 5.14. The molecule has 1 spiro atoms. The summed E-state index contributed by atoms with van der Waals surface area (Å²) in [6.07, 6.45) is 1.84. The highest BCUT2D eigenvalue weighted by Gasteiger charge is 2.40. The van der Waals surface area contributed by atoms with Gasteiger partial charge < -0.3 is 26.7 Å². The Hall–Kier alpha value is -3.42. The van der Waals surface area contributed by atoms with Crippen molar-refractivity contribution in [3.63, 3.8) is 0 Å². The van der Waals surface area contributed by atoms with Crippen LogP contribution in [0.1, 0.15) is 40.2 Å². The number of aryl methyl sites for hydroxylation is 2. The average molecular weight is 601 g/mol. The molecule has 2 aliphatic rings. The molecule has 0 unspecified atom stereocenters. The molecule has 2 amide bonds. The highest BCUT2D eigenvalue weighted by molar-refractivity contribution is 14.1. The van der Waals surface area contributed by atoms with E-state index in [9.17, 15) is 9.59 Å². The number of carbonyl (C=O) groups excluding carboxylic acids is 2. The Morgan fingerprint density at radius 3 is 2.67 bits per heavy atom. The highest BCUT2D eigenvalue weighted by atomic mass is 127. The summed E-state index contributed by atoms with van der Waals surface area (Å²) < 4.78 is 0.403. The lowest BCUT2D eigenvalue weighted by molar-refractivity contribution is -0.132. The number of nitrogens with zero attached hydrogens (tertiary/aromatic N) is 4. The first-order chi connectivity index (χ1) is 17.1. The molecule has 1 fully saturated rings. The predicted molar refractivity (Wildman–Crippen MR) is 146 cm³/mol. The molecule has 7 N–H and O–H groups in total. The number of likely N-dealkylation sites (tertiary alicyclic amines) is 1. The molecule has 0 atom stereocenters. The van der Waals surface area contributed by atoms with Crippen molar-refractivity contribution in [3.8, 4) is 0 Å². The Balaban J connectivity index is 1.16. The number of carbonyl (C=O) groups is 2. The summed E-state index contributed by atoms with van der Waals surface area (Å²) in [5, 5.41) is 7.25. The number of aliphatic imine (C=N–C) groups is 1. The lowest BCUT2D eigenvalue weighted by Gasteiger charge is -2.39. The Bertz CT molecular complexity index is 1410. The van der Waals surface area contributed by atoms with Crippen LogP contribution < -0.4 is 22.1 Å². The fraction of sp³-hybridized carbons (Fsp3) is 0.375. The number of piperidine rings is 1. The van der Waals surface area contributed by atoms with E-state index >= 15 is 0 Å². The average Bonchev–Trinajstić information content (AvgIpc) is 3.36. The van der Waals surface area contributed by atoms with E-state index in [1.807, 2.05) is 39.6 Å². The molecule has 0 bridgehead atoms. The van der Waals surface area contributed by atoms with Crippen LogP contribution in [0.2, 0.25) is 0 Å². The first kappa shape index (κ1) is 24.3. The van der Waals surface area contributed by atoms with Crippen LogP contribution in [-0.4, -0.2) is 62.8 Å². The zero-order valence-electron chi connectivity index (χ0n) is 20.1. The van der Waals surface area contributed by atoms with E-state index < -0.39 is 5.91 Å². The SMILES string of the molecule is Cc1[nH]c2ccc(CC(=O)N3CCC4(CC3)CN=C(NC(=O)c3nc(I)c(N)nc3N)N4)cc2c1C. The number of nitrogens with one attached hydrogen (secondary N) is 3. The van der Waals surface area contributed by atoms with Gasteiger partial charge in [-0.05, 0) is 72.5 Å². The standard InChI is InChI=1S/C24H28IN9O2/c1-12-13(2)29-16-4-3-14(9-15(12)16)10-17(35)34-7-5-24(6-8-34)11-28-23(33-24)32-22(36)18-20(26)31-21(27)19(25)30-18/h3-4,9,29H,5-8,10-11H2,1-2H3,(H4,26,27,31)(H2,28,32,33,36). The quantitative estimate of drug-likeness (QED) is 0.285. The molecule has 188 valence electrons. The van der Waals surface area contributed by atoms with Crippen molar-refractivity contribution in [1.29, 1.82) is 0 Å². The number of nitrogens with two attached hydrogens (primary N) is 2. The molecular weight excluding hydrogens is 573 g/mol. The van der Waals surface area contributed by atoms with Crippen molar-refractivity contribution in [2.24, 2.45) is 4.99 Å². The van der Waals surface area contributed by atoms with E-state index in [0.717, 1.165) is 29.6 Å². The van der Waals surface area contributed by atoms with E-state index in [-0.39, 0.29) is 28.8 Å². The normalized spacial score (nSPS) is 16.8. The van der Waals surface area contributed by atoms with Gasteiger partial charge in [-0.25, -0.2) is 9.97 Å². The number of hydrogen-bond acceptors (Lipinski definition) is 8. The molecule has 2 aromatic heterocycles. The number of anilines is 2. The number of halogens is 1. The van der Waals surface area contributed by atoms with Crippen molar-refractivity contribution >= 4 is 62.9 Å². The predicted octanol–water partition coefficient (Wildman–Crippen LogP) is 1.64. The van der Waals surface area contributed by atoms with Gasteiger partial charge in [-0.1, -0.05) is 6.07 Å². The van der Waals surface area contributed by atoms with Gasteiger partial charge in [0, 0.05) is 29.7 Å².